The predicted molar refractivity (Wildman–Crippen MR) is 124 cm³/mol. The van der Waals surface area contributed by atoms with Crippen LogP contribution in [-0.2, 0) is 9.53 Å². The number of aryl methyl sites for hydroxylation is 1. The summed E-state index contributed by atoms with van der Waals surface area (Å²) in [6, 6.07) is 12.4. The van der Waals surface area contributed by atoms with Gasteiger partial charge in [0, 0.05) is 38.0 Å². The van der Waals surface area contributed by atoms with Gasteiger partial charge in [-0.1, -0.05) is 30.3 Å². The molecule has 7 heteroatoms. The molecule has 1 amide bonds. The van der Waals surface area contributed by atoms with E-state index in [1.165, 1.54) is 10.4 Å². The lowest BCUT2D eigenvalue weighted by molar-refractivity contribution is -0.120. The molecular formula is C23H30N4O2S. The van der Waals surface area contributed by atoms with Gasteiger partial charge in [0.1, 0.15) is 16.5 Å². The van der Waals surface area contributed by atoms with Crippen LogP contribution < -0.4 is 10.2 Å². The van der Waals surface area contributed by atoms with Crippen LogP contribution in [0, 0.1) is 6.92 Å². The summed E-state index contributed by atoms with van der Waals surface area (Å²) in [5.41, 5.74) is 1.17. The van der Waals surface area contributed by atoms with Crippen molar-refractivity contribution in [2.45, 2.75) is 39.7 Å². The van der Waals surface area contributed by atoms with Crippen molar-refractivity contribution in [2.24, 2.45) is 0 Å². The van der Waals surface area contributed by atoms with Crippen LogP contribution in [0.2, 0.25) is 0 Å². The van der Waals surface area contributed by atoms with E-state index in [4.69, 9.17) is 4.74 Å². The lowest BCUT2D eigenvalue weighted by Crippen LogP contribution is -2.30. The van der Waals surface area contributed by atoms with Crippen LogP contribution in [0.3, 0.4) is 0 Å². The molecule has 2 heterocycles. The van der Waals surface area contributed by atoms with Gasteiger partial charge in [-0.3, -0.25) is 4.79 Å². The summed E-state index contributed by atoms with van der Waals surface area (Å²) in [6.07, 6.45) is 1.46. The van der Waals surface area contributed by atoms with E-state index in [0.29, 0.717) is 26.1 Å². The molecule has 0 aliphatic carbocycles. The number of nitrogens with zero attached hydrogens (tertiary/aromatic N) is 3. The van der Waals surface area contributed by atoms with Crippen LogP contribution >= 0.6 is 11.3 Å². The lowest BCUT2D eigenvalue weighted by Gasteiger charge is -2.19. The molecule has 0 unspecified atom stereocenters. The van der Waals surface area contributed by atoms with Crippen molar-refractivity contribution in [1.29, 1.82) is 0 Å². The van der Waals surface area contributed by atoms with Gasteiger partial charge in [0.25, 0.3) is 0 Å². The number of nitrogens with one attached hydrogen (secondary N) is 1. The summed E-state index contributed by atoms with van der Waals surface area (Å²) >= 11 is 1.67. The summed E-state index contributed by atoms with van der Waals surface area (Å²) in [5.74, 6) is 1.65. The molecule has 0 saturated carbocycles. The fraction of sp³-hybridized carbons (Fsp3) is 0.435. The van der Waals surface area contributed by atoms with E-state index in [-0.39, 0.29) is 12.0 Å². The Balaban J connectivity index is 1.62. The number of aromatic nitrogens is 2. The Morgan fingerprint density at radius 2 is 2.00 bits per heavy atom. The number of benzene rings is 1. The molecule has 0 atom stereocenters. The SMILES string of the molecule is Cc1nc(N(C)CCC(=O)NCCCOC(C)C)c2cc(-c3ccccc3)sc2n1. The van der Waals surface area contributed by atoms with Crippen LogP contribution in [0.1, 0.15) is 32.5 Å². The van der Waals surface area contributed by atoms with Crippen molar-refractivity contribution in [1.82, 2.24) is 15.3 Å². The first-order chi connectivity index (χ1) is 14.4. The van der Waals surface area contributed by atoms with Crippen LogP contribution in [0.25, 0.3) is 20.7 Å². The Labute approximate surface area is 182 Å². The van der Waals surface area contributed by atoms with E-state index >= 15 is 0 Å². The van der Waals surface area contributed by atoms with Crippen molar-refractivity contribution in [3.05, 3.63) is 42.2 Å². The van der Waals surface area contributed by atoms with Crippen LogP contribution in [0.5, 0.6) is 0 Å². The van der Waals surface area contributed by atoms with Crippen LogP contribution in [-0.4, -0.2) is 48.7 Å². The minimum Gasteiger partial charge on any atom is -0.379 e. The van der Waals surface area contributed by atoms with Gasteiger partial charge in [-0.05, 0) is 38.8 Å². The zero-order chi connectivity index (χ0) is 21.5. The number of amides is 1. The lowest BCUT2D eigenvalue weighted by atomic mass is 10.2. The van der Waals surface area contributed by atoms with Gasteiger partial charge in [0.15, 0.2) is 0 Å². The zero-order valence-corrected chi connectivity index (χ0v) is 19.0. The van der Waals surface area contributed by atoms with E-state index in [9.17, 15) is 4.79 Å². The fourth-order valence-electron chi connectivity index (χ4n) is 3.13. The molecule has 1 N–H and O–H groups in total. The number of ether oxygens (including phenoxy) is 1. The smallest absolute Gasteiger partial charge is 0.221 e. The van der Waals surface area contributed by atoms with Gasteiger partial charge in [0.2, 0.25) is 5.91 Å². The largest absolute Gasteiger partial charge is 0.379 e. The third kappa shape index (κ3) is 6.00. The average Bonchev–Trinajstić information content (AvgIpc) is 3.15. The summed E-state index contributed by atoms with van der Waals surface area (Å²) in [4.78, 5) is 25.6. The first-order valence-corrected chi connectivity index (χ1v) is 11.2. The number of fused-ring (bicyclic) bond motifs is 1. The highest BCUT2D eigenvalue weighted by molar-refractivity contribution is 7.21. The topological polar surface area (TPSA) is 67.4 Å². The molecule has 2 aromatic heterocycles. The third-order valence-corrected chi connectivity index (χ3v) is 5.75. The van der Waals surface area contributed by atoms with Crippen molar-refractivity contribution in [3.8, 4) is 10.4 Å². The number of carbonyl (C=O) groups excluding carboxylic acids is 1. The van der Waals surface area contributed by atoms with Gasteiger partial charge in [-0.2, -0.15) is 0 Å². The van der Waals surface area contributed by atoms with Gasteiger partial charge < -0.3 is 15.0 Å². The maximum atomic E-state index is 12.2. The number of hydrogen-bond donors (Lipinski definition) is 1. The van der Waals surface area contributed by atoms with Crippen LogP contribution in [0.4, 0.5) is 5.82 Å². The monoisotopic (exact) mass is 426 g/mol. The number of hydrogen-bond acceptors (Lipinski definition) is 6. The second-order valence-corrected chi connectivity index (χ2v) is 8.62. The molecule has 0 bridgehead atoms. The molecule has 160 valence electrons. The molecule has 0 saturated heterocycles. The highest BCUT2D eigenvalue weighted by Crippen LogP contribution is 2.36. The molecule has 0 aliphatic rings. The normalized spacial score (nSPS) is 11.2. The average molecular weight is 427 g/mol. The van der Waals surface area contributed by atoms with E-state index in [1.807, 2.05) is 50.9 Å². The van der Waals surface area contributed by atoms with Crippen molar-refractivity contribution < 1.29 is 9.53 Å². The van der Waals surface area contributed by atoms with E-state index < -0.39 is 0 Å². The second kappa shape index (κ2) is 10.5. The van der Waals surface area contributed by atoms with Gasteiger partial charge in [0.05, 0.1) is 11.5 Å². The first-order valence-electron chi connectivity index (χ1n) is 10.4. The Morgan fingerprint density at radius 1 is 1.23 bits per heavy atom. The molecule has 30 heavy (non-hydrogen) atoms. The fourth-order valence-corrected chi connectivity index (χ4v) is 4.21. The Kier molecular flexibility index (Phi) is 7.76. The van der Waals surface area contributed by atoms with Crippen LogP contribution in [0.15, 0.2) is 36.4 Å². The molecule has 3 aromatic rings. The molecule has 3 rings (SSSR count). The number of rotatable bonds is 10. The highest BCUT2D eigenvalue weighted by Gasteiger charge is 2.15. The first kappa shape index (κ1) is 22.2. The highest BCUT2D eigenvalue weighted by atomic mass is 32.1. The summed E-state index contributed by atoms with van der Waals surface area (Å²) < 4.78 is 5.49. The van der Waals surface area contributed by atoms with Gasteiger partial charge >= 0.3 is 0 Å². The van der Waals surface area contributed by atoms with Crippen molar-refractivity contribution in [3.63, 3.8) is 0 Å². The number of thiophene rings is 1. The maximum Gasteiger partial charge on any atom is 0.221 e. The third-order valence-electron chi connectivity index (χ3n) is 4.67. The van der Waals surface area contributed by atoms with E-state index in [1.54, 1.807) is 11.3 Å². The predicted octanol–water partition coefficient (Wildman–Crippen LogP) is 4.42. The quantitative estimate of drug-likeness (QED) is 0.486. The molecule has 1 aromatic carbocycles. The standard InChI is InChI=1S/C23H30N4O2S/c1-16(2)29-14-8-12-24-21(28)11-13-27(4)22-19-15-20(18-9-6-5-7-10-18)30-23(19)26-17(3)25-22/h5-7,9-10,15-16H,8,11-14H2,1-4H3,(H,24,28). The van der Waals surface area contributed by atoms with Gasteiger partial charge in [-0.25, -0.2) is 9.97 Å². The summed E-state index contributed by atoms with van der Waals surface area (Å²) in [6.45, 7) is 7.82. The molecule has 0 aliphatic heterocycles. The van der Waals surface area contributed by atoms with Crippen molar-refractivity contribution >= 4 is 33.3 Å². The van der Waals surface area contributed by atoms with E-state index in [2.05, 4.69) is 33.5 Å². The molecule has 6 nitrogen and oxygen atoms in total. The summed E-state index contributed by atoms with van der Waals surface area (Å²) in [7, 11) is 1.98. The maximum absolute atomic E-state index is 12.2. The van der Waals surface area contributed by atoms with E-state index in [0.717, 1.165) is 28.3 Å². The van der Waals surface area contributed by atoms with Crippen molar-refractivity contribution in [2.75, 3.05) is 31.6 Å². The summed E-state index contributed by atoms with van der Waals surface area (Å²) in [5, 5.41) is 3.99. The number of anilines is 1. The molecule has 0 radical (unpaired) electrons. The zero-order valence-electron chi connectivity index (χ0n) is 18.1. The molecule has 0 spiro atoms. The number of carbonyl (C=O) groups is 1. The molecule has 0 fully saturated rings. The minimum absolute atomic E-state index is 0.0451. The Hall–Kier alpha value is -2.51. The Morgan fingerprint density at radius 3 is 2.73 bits per heavy atom. The Bertz CT molecular complexity index is 972. The second-order valence-electron chi connectivity index (χ2n) is 7.58. The van der Waals surface area contributed by atoms with Gasteiger partial charge in [-0.15, -0.1) is 11.3 Å². The minimum atomic E-state index is 0.0451. The molecular weight excluding hydrogens is 396 g/mol.